The van der Waals surface area contributed by atoms with Crippen LogP contribution in [-0.4, -0.2) is 34.9 Å². The maximum atomic E-state index is 12.4. The fourth-order valence-corrected chi connectivity index (χ4v) is 7.54. The number of amides is 1. The summed E-state index contributed by atoms with van der Waals surface area (Å²) in [5.74, 6) is -0.0789. The molecule has 0 aromatic rings. The fraction of sp³-hybridized carbons (Fsp3) is 0.796. The van der Waals surface area contributed by atoms with E-state index in [1.807, 2.05) is 6.08 Å². The number of nitrogens with one attached hydrogen (secondary N) is 1. The van der Waals surface area contributed by atoms with Gasteiger partial charge in [-0.1, -0.05) is 235 Å². The van der Waals surface area contributed by atoms with Crippen molar-refractivity contribution in [1.82, 2.24) is 5.32 Å². The first-order valence-corrected chi connectivity index (χ1v) is 25.5. The molecule has 0 rings (SSSR count). The van der Waals surface area contributed by atoms with Crippen LogP contribution in [0.1, 0.15) is 258 Å². The largest absolute Gasteiger partial charge is 0.394 e. The zero-order valence-corrected chi connectivity index (χ0v) is 38.8. The molecule has 0 heterocycles. The molecule has 2 atom stereocenters. The summed E-state index contributed by atoms with van der Waals surface area (Å²) in [5.41, 5.74) is 0. The predicted molar refractivity (Wildman–Crippen MR) is 258 cm³/mol. The molecule has 0 aromatic carbocycles. The smallest absolute Gasteiger partial charge is 0.220 e. The van der Waals surface area contributed by atoms with Crippen molar-refractivity contribution in [2.45, 2.75) is 270 Å². The molecule has 0 spiro atoms. The minimum absolute atomic E-state index is 0.0789. The Bertz CT molecular complexity index is 965. The monoisotopic (exact) mass is 810 g/mol. The van der Waals surface area contributed by atoms with Crippen molar-refractivity contribution in [1.29, 1.82) is 0 Å². The van der Waals surface area contributed by atoms with E-state index in [4.69, 9.17) is 0 Å². The van der Waals surface area contributed by atoms with Gasteiger partial charge in [0.1, 0.15) is 0 Å². The Hall–Kier alpha value is -1.91. The molecule has 2 unspecified atom stereocenters. The van der Waals surface area contributed by atoms with Crippen LogP contribution < -0.4 is 5.32 Å². The first-order valence-electron chi connectivity index (χ1n) is 25.5. The Balaban J connectivity index is 3.56. The van der Waals surface area contributed by atoms with Gasteiger partial charge in [0, 0.05) is 6.42 Å². The third-order valence-corrected chi connectivity index (χ3v) is 11.5. The number of carbonyl (C=O) groups excluding carboxylic acids is 1. The van der Waals surface area contributed by atoms with Gasteiger partial charge in [-0.05, 0) is 77.0 Å². The molecule has 0 aromatic heterocycles. The van der Waals surface area contributed by atoms with Crippen LogP contribution >= 0.6 is 0 Å². The first-order chi connectivity index (χ1) is 28.7. The van der Waals surface area contributed by atoms with Gasteiger partial charge in [0.05, 0.1) is 18.8 Å². The summed E-state index contributed by atoms with van der Waals surface area (Å²) < 4.78 is 0. The Labute approximate surface area is 362 Å². The van der Waals surface area contributed by atoms with E-state index in [1.165, 1.54) is 193 Å². The van der Waals surface area contributed by atoms with Crippen LogP contribution in [0.3, 0.4) is 0 Å². The highest BCUT2D eigenvalue weighted by Crippen LogP contribution is 2.15. The third kappa shape index (κ3) is 45.2. The number of unbranched alkanes of at least 4 members (excludes halogenated alkanes) is 31. The topological polar surface area (TPSA) is 69.6 Å². The minimum atomic E-state index is -0.872. The number of aliphatic hydroxyl groups is 2. The standard InChI is InChI=1S/C54H99NO3/c1-3-5-7-9-11-13-15-17-19-21-22-23-24-25-26-27-28-29-30-31-32-34-36-38-40-42-44-46-48-50-54(58)55-52(51-56)53(57)49-47-45-43-41-39-37-35-33-20-18-16-14-12-10-8-6-4-2/h20,22-23,25-26,33,39,41,47,49,52-53,56-57H,3-19,21,24,27-32,34-38,40,42-46,48,50-51H2,1-2H3,(H,55,58)/b23-22-,26-25-,33-20+,41-39+,49-47+. The predicted octanol–water partition coefficient (Wildman–Crippen LogP) is 16.5. The van der Waals surface area contributed by atoms with E-state index in [0.717, 1.165) is 44.9 Å². The lowest BCUT2D eigenvalue weighted by Crippen LogP contribution is -2.45. The number of allylic oxidation sites excluding steroid dienone is 9. The van der Waals surface area contributed by atoms with Gasteiger partial charge in [-0.3, -0.25) is 4.79 Å². The Kier molecular flexibility index (Phi) is 47.8. The van der Waals surface area contributed by atoms with Crippen LogP contribution in [0.5, 0.6) is 0 Å². The second kappa shape index (κ2) is 49.5. The van der Waals surface area contributed by atoms with E-state index in [1.54, 1.807) is 6.08 Å². The molecule has 0 saturated carbocycles. The molecule has 4 nitrogen and oxygen atoms in total. The Morgan fingerprint density at radius 2 is 0.724 bits per heavy atom. The number of carbonyl (C=O) groups is 1. The lowest BCUT2D eigenvalue weighted by atomic mass is 10.0. The van der Waals surface area contributed by atoms with E-state index in [2.05, 4.69) is 67.8 Å². The molecule has 0 fully saturated rings. The summed E-state index contributed by atoms with van der Waals surface area (Å²) in [7, 11) is 0. The molecule has 0 saturated heterocycles. The van der Waals surface area contributed by atoms with E-state index < -0.39 is 12.1 Å². The van der Waals surface area contributed by atoms with Gasteiger partial charge in [0.25, 0.3) is 0 Å². The van der Waals surface area contributed by atoms with Gasteiger partial charge in [0.2, 0.25) is 5.91 Å². The van der Waals surface area contributed by atoms with Crippen molar-refractivity contribution in [2.75, 3.05) is 6.61 Å². The fourth-order valence-electron chi connectivity index (χ4n) is 7.54. The minimum Gasteiger partial charge on any atom is -0.394 e. The summed E-state index contributed by atoms with van der Waals surface area (Å²) >= 11 is 0. The third-order valence-electron chi connectivity index (χ3n) is 11.5. The Morgan fingerprint density at radius 1 is 0.414 bits per heavy atom. The van der Waals surface area contributed by atoms with Gasteiger partial charge in [-0.25, -0.2) is 0 Å². The SMILES string of the molecule is CCCCCCCCC/C=C/CC/C=C/CC/C=C/C(O)C(CO)NC(=O)CCCCCCCCCCCCCCC/C=C\C/C=C\CCCCCCCCCCC. The molecule has 0 aliphatic rings. The van der Waals surface area contributed by atoms with E-state index in [9.17, 15) is 15.0 Å². The molecule has 0 radical (unpaired) electrons. The van der Waals surface area contributed by atoms with E-state index in [0.29, 0.717) is 6.42 Å². The number of rotatable bonds is 46. The zero-order chi connectivity index (χ0) is 42.1. The summed E-state index contributed by atoms with van der Waals surface area (Å²) in [4.78, 5) is 12.4. The number of hydrogen-bond donors (Lipinski definition) is 3. The summed E-state index contributed by atoms with van der Waals surface area (Å²) in [6.07, 6.45) is 69.3. The van der Waals surface area contributed by atoms with Crippen molar-refractivity contribution in [3.05, 3.63) is 60.8 Å². The van der Waals surface area contributed by atoms with Gasteiger partial charge >= 0.3 is 0 Å². The van der Waals surface area contributed by atoms with Crippen molar-refractivity contribution >= 4 is 5.91 Å². The van der Waals surface area contributed by atoms with Crippen molar-refractivity contribution in [3.8, 4) is 0 Å². The average Bonchev–Trinajstić information content (AvgIpc) is 3.23. The summed E-state index contributed by atoms with van der Waals surface area (Å²) in [5, 5.41) is 23.0. The van der Waals surface area contributed by atoms with Gasteiger partial charge in [-0.2, -0.15) is 0 Å². The highest BCUT2D eigenvalue weighted by molar-refractivity contribution is 5.76. The maximum absolute atomic E-state index is 12.4. The van der Waals surface area contributed by atoms with Crippen LogP contribution in [0.25, 0.3) is 0 Å². The van der Waals surface area contributed by atoms with Crippen LogP contribution in [0.15, 0.2) is 60.8 Å². The van der Waals surface area contributed by atoms with Crippen LogP contribution in [0.2, 0.25) is 0 Å². The number of hydrogen-bond acceptors (Lipinski definition) is 3. The second-order valence-electron chi connectivity index (χ2n) is 17.2. The molecule has 0 bridgehead atoms. The molecular weight excluding hydrogens is 711 g/mol. The van der Waals surface area contributed by atoms with Gasteiger partial charge in [0.15, 0.2) is 0 Å². The molecule has 0 aliphatic carbocycles. The van der Waals surface area contributed by atoms with Crippen LogP contribution in [0.4, 0.5) is 0 Å². The molecule has 338 valence electrons. The molecule has 1 amide bonds. The van der Waals surface area contributed by atoms with E-state index in [-0.39, 0.29) is 12.5 Å². The van der Waals surface area contributed by atoms with Crippen molar-refractivity contribution in [3.63, 3.8) is 0 Å². The maximum Gasteiger partial charge on any atom is 0.220 e. The summed E-state index contributed by atoms with van der Waals surface area (Å²) in [6.45, 7) is 4.29. The highest BCUT2D eigenvalue weighted by Gasteiger charge is 2.17. The van der Waals surface area contributed by atoms with Crippen molar-refractivity contribution < 1.29 is 15.0 Å². The Morgan fingerprint density at radius 3 is 1.10 bits per heavy atom. The van der Waals surface area contributed by atoms with Gasteiger partial charge < -0.3 is 15.5 Å². The summed E-state index contributed by atoms with van der Waals surface area (Å²) in [6, 6.07) is -0.647. The lowest BCUT2D eigenvalue weighted by molar-refractivity contribution is -0.123. The average molecular weight is 810 g/mol. The highest BCUT2D eigenvalue weighted by atomic mass is 16.3. The number of aliphatic hydroxyl groups excluding tert-OH is 2. The van der Waals surface area contributed by atoms with Crippen LogP contribution in [0, 0.1) is 0 Å². The quantitative estimate of drug-likeness (QED) is 0.0424. The lowest BCUT2D eigenvalue weighted by Gasteiger charge is -2.19. The molecule has 0 aliphatic heterocycles. The van der Waals surface area contributed by atoms with E-state index >= 15 is 0 Å². The zero-order valence-electron chi connectivity index (χ0n) is 38.8. The van der Waals surface area contributed by atoms with Crippen LogP contribution in [-0.2, 0) is 4.79 Å². The molecule has 3 N–H and O–H groups in total. The first kappa shape index (κ1) is 56.1. The van der Waals surface area contributed by atoms with Crippen molar-refractivity contribution in [2.24, 2.45) is 0 Å². The normalized spacial score (nSPS) is 13.4. The molecular formula is C54H99NO3. The molecule has 58 heavy (non-hydrogen) atoms. The van der Waals surface area contributed by atoms with Gasteiger partial charge in [-0.15, -0.1) is 0 Å². The second-order valence-corrected chi connectivity index (χ2v) is 17.2. The molecule has 4 heteroatoms.